The van der Waals surface area contributed by atoms with Crippen molar-refractivity contribution in [1.29, 1.82) is 0 Å². The molecule has 0 saturated carbocycles. The number of guanidine groups is 1. The Kier molecular flexibility index (Phi) is 5.67. The number of aromatic nitrogens is 2. The van der Waals surface area contributed by atoms with Crippen molar-refractivity contribution >= 4 is 5.96 Å². The minimum atomic E-state index is 0.166. The minimum absolute atomic E-state index is 0.166. The predicted molar refractivity (Wildman–Crippen MR) is 103 cm³/mol. The summed E-state index contributed by atoms with van der Waals surface area (Å²) in [6.45, 7) is 10.2. The summed E-state index contributed by atoms with van der Waals surface area (Å²) in [4.78, 5) is 9.56. The van der Waals surface area contributed by atoms with E-state index in [0.717, 1.165) is 25.6 Å². The maximum absolute atomic E-state index is 4.54. The van der Waals surface area contributed by atoms with Crippen LogP contribution in [0.25, 0.3) is 0 Å². The van der Waals surface area contributed by atoms with Crippen LogP contribution in [0, 0.1) is 0 Å². The molecule has 0 aliphatic carbocycles. The lowest BCUT2D eigenvalue weighted by Gasteiger charge is -2.41. The Hall–Kier alpha value is -1.56. The quantitative estimate of drug-likeness (QED) is 0.670. The van der Waals surface area contributed by atoms with E-state index in [9.17, 15) is 0 Å². The van der Waals surface area contributed by atoms with Gasteiger partial charge in [-0.05, 0) is 51.8 Å². The number of aliphatic imine (C=N–C) groups is 1. The Morgan fingerprint density at radius 2 is 2.04 bits per heavy atom. The van der Waals surface area contributed by atoms with Crippen LogP contribution in [-0.4, -0.2) is 70.9 Å². The Balaban J connectivity index is 1.54. The van der Waals surface area contributed by atoms with Gasteiger partial charge in [-0.3, -0.25) is 14.6 Å². The fraction of sp³-hybridized carbons (Fsp3) is 0.789. The third-order valence-electron chi connectivity index (χ3n) is 5.79. The number of piperidine rings is 1. The molecule has 6 heteroatoms. The van der Waals surface area contributed by atoms with Crippen LogP contribution in [0.5, 0.6) is 0 Å². The fourth-order valence-electron chi connectivity index (χ4n) is 4.11. The lowest BCUT2D eigenvalue weighted by atomic mass is 9.98. The standard InChI is InChI=1S/C19H34N6/c1-19(2,25-9-6-5-7-10-25)15-21-18(20-3)24-11-8-16(14-24)17-12-22-23(4)13-17/h12-13,16H,5-11,14-15H2,1-4H3,(H,20,21). The van der Waals surface area contributed by atoms with Crippen molar-refractivity contribution in [3.63, 3.8) is 0 Å². The highest BCUT2D eigenvalue weighted by molar-refractivity contribution is 5.80. The zero-order chi connectivity index (χ0) is 17.9. The molecule has 0 radical (unpaired) electrons. The lowest BCUT2D eigenvalue weighted by molar-refractivity contribution is 0.0977. The lowest BCUT2D eigenvalue weighted by Crippen LogP contribution is -2.55. The molecule has 2 fully saturated rings. The summed E-state index contributed by atoms with van der Waals surface area (Å²) in [6, 6.07) is 0. The Morgan fingerprint density at radius 1 is 1.28 bits per heavy atom. The van der Waals surface area contributed by atoms with Gasteiger partial charge in [0.05, 0.1) is 6.20 Å². The maximum Gasteiger partial charge on any atom is 0.193 e. The fourth-order valence-corrected chi connectivity index (χ4v) is 4.11. The molecule has 25 heavy (non-hydrogen) atoms. The third kappa shape index (κ3) is 4.35. The normalized spacial score (nSPS) is 23.3. The summed E-state index contributed by atoms with van der Waals surface area (Å²) >= 11 is 0. The first-order valence-corrected chi connectivity index (χ1v) is 9.69. The number of hydrogen-bond acceptors (Lipinski definition) is 3. The maximum atomic E-state index is 4.54. The van der Waals surface area contributed by atoms with Crippen molar-refractivity contribution in [3.8, 4) is 0 Å². The monoisotopic (exact) mass is 346 g/mol. The summed E-state index contributed by atoms with van der Waals surface area (Å²) in [7, 11) is 3.88. The summed E-state index contributed by atoms with van der Waals surface area (Å²) in [6.07, 6.45) is 9.36. The second-order valence-corrected chi connectivity index (χ2v) is 8.14. The van der Waals surface area contributed by atoms with E-state index in [-0.39, 0.29) is 5.54 Å². The molecule has 6 nitrogen and oxygen atoms in total. The minimum Gasteiger partial charge on any atom is -0.354 e. The zero-order valence-electron chi connectivity index (χ0n) is 16.3. The largest absolute Gasteiger partial charge is 0.354 e. The molecule has 3 rings (SSSR count). The van der Waals surface area contributed by atoms with Crippen molar-refractivity contribution in [2.75, 3.05) is 39.8 Å². The number of nitrogens with one attached hydrogen (secondary N) is 1. The third-order valence-corrected chi connectivity index (χ3v) is 5.79. The van der Waals surface area contributed by atoms with Crippen molar-refractivity contribution in [1.82, 2.24) is 24.9 Å². The number of nitrogens with zero attached hydrogens (tertiary/aromatic N) is 5. The Labute approximate surface area is 152 Å². The molecule has 1 unspecified atom stereocenters. The number of likely N-dealkylation sites (tertiary alicyclic amines) is 2. The van der Waals surface area contributed by atoms with Crippen LogP contribution in [0.3, 0.4) is 0 Å². The molecule has 0 spiro atoms. The molecule has 2 saturated heterocycles. The van der Waals surface area contributed by atoms with Crippen LogP contribution >= 0.6 is 0 Å². The van der Waals surface area contributed by atoms with E-state index in [1.807, 2.05) is 25.0 Å². The first kappa shape index (κ1) is 18.2. The number of aryl methyl sites for hydroxylation is 1. The highest BCUT2D eigenvalue weighted by atomic mass is 15.3. The van der Waals surface area contributed by atoms with Crippen LogP contribution in [0.2, 0.25) is 0 Å². The van der Waals surface area contributed by atoms with Crippen molar-refractivity contribution < 1.29 is 0 Å². The topological polar surface area (TPSA) is 48.7 Å². The Bertz CT molecular complexity index is 584. The molecule has 0 amide bonds. The second-order valence-electron chi connectivity index (χ2n) is 8.14. The van der Waals surface area contributed by atoms with Crippen LogP contribution in [0.4, 0.5) is 0 Å². The van der Waals surface area contributed by atoms with Crippen LogP contribution in [0.1, 0.15) is 51.0 Å². The molecule has 0 aromatic carbocycles. The first-order chi connectivity index (χ1) is 12.0. The predicted octanol–water partition coefficient (Wildman–Crippen LogP) is 2.05. The molecular weight excluding hydrogens is 312 g/mol. The van der Waals surface area contributed by atoms with Gasteiger partial charge in [0.2, 0.25) is 0 Å². The molecule has 0 bridgehead atoms. The van der Waals surface area contributed by atoms with Crippen LogP contribution < -0.4 is 5.32 Å². The summed E-state index contributed by atoms with van der Waals surface area (Å²) in [5.41, 5.74) is 1.51. The molecule has 1 atom stereocenters. The van der Waals surface area contributed by atoms with Gasteiger partial charge in [0, 0.05) is 51.4 Å². The molecule has 3 heterocycles. The van der Waals surface area contributed by atoms with E-state index in [2.05, 4.69) is 45.3 Å². The molecule has 140 valence electrons. The van der Waals surface area contributed by atoms with Crippen LogP contribution in [-0.2, 0) is 7.05 Å². The first-order valence-electron chi connectivity index (χ1n) is 9.69. The van der Waals surface area contributed by atoms with E-state index in [0.29, 0.717) is 5.92 Å². The smallest absolute Gasteiger partial charge is 0.193 e. The molecular formula is C19H34N6. The van der Waals surface area contributed by atoms with Gasteiger partial charge in [-0.25, -0.2) is 0 Å². The van der Waals surface area contributed by atoms with Gasteiger partial charge in [-0.2, -0.15) is 5.10 Å². The van der Waals surface area contributed by atoms with Gasteiger partial charge in [0.15, 0.2) is 5.96 Å². The van der Waals surface area contributed by atoms with E-state index in [4.69, 9.17) is 0 Å². The van der Waals surface area contributed by atoms with E-state index >= 15 is 0 Å². The van der Waals surface area contributed by atoms with Crippen molar-refractivity contribution in [3.05, 3.63) is 18.0 Å². The number of hydrogen-bond donors (Lipinski definition) is 1. The zero-order valence-corrected chi connectivity index (χ0v) is 16.3. The van der Waals surface area contributed by atoms with Gasteiger partial charge in [-0.1, -0.05) is 6.42 Å². The van der Waals surface area contributed by atoms with E-state index in [1.165, 1.54) is 44.3 Å². The summed E-state index contributed by atoms with van der Waals surface area (Å²) in [5, 5.41) is 7.96. The number of rotatable bonds is 4. The van der Waals surface area contributed by atoms with Crippen LogP contribution in [0.15, 0.2) is 17.4 Å². The summed E-state index contributed by atoms with van der Waals surface area (Å²) < 4.78 is 1.90. The van der Waals surface area contributed by atoms with Gasteiger partial charge >= 0.3 is 0 Å². The van der Waals surface area contributed by atoms with Crippen molar-refractivity contribution in [2.24, 2.45) is 12.0 Å². The van der Waals surface area contributed by atoms with E-state index < -0.39 is 0 Å². The average molecular weight is 347 g/mol. The molecule has 2 aliphatic heterocycles. The highest BCUT2D eigenvalue weighted by Crippen LogP contribution is 2.27. The highest BCUT2D eigenvalue weighted by Gasteiger charge is 2.30. The summed E-state index contributed by atoms with van der Waals surface area (Å²) in [5.74, 6) is 1.60. The van der Waals surface area contributed by atoms with Crippen molar-refractivity contribution in [2.45, 2.75) is 51.0 Å². The molecule has 1 aromatic heterocycles. The second kappa shape index (κ2) is 7.77. The molecule has 1 N–H and O–H groups in total. The molecule has 1 aromatic rings. The van der Waals surface area contributed by atoms with Gasteiger partial charge in [-0.15, -0.1) is 0 Å². The van der Waals surface area contributed by atoms with Gasteiger partial charge in [0.25, 0.3) is 0 Å². The molecule has 2 aliphatic rings. The van der Waals surface area contributed by atoms with E-state index in [1.54, 1.807) is 0 Å². The Morgan fingerprint density at radius 3 is 2.68 bits per heavy atom. The van der Waals surface area contributed by atoms with Gasteiger partial charge in [0.1, 0.15) is 0 Å². The van der Waals surface area contributed by atoms with Gasteiger partial charge < -0.3 is 10.2 Å². The SMILES string of the molecule is CN=C(NCC(C)(C)N1CCCCC1)N1CCC(c2cnn(C)c2)C1. The average Bonchev–Trinajstić information content (AvgIpc) is 3.25.